The van der Waals surface area contributed by atoms with Crippen LogP contribution in [0.25, 0.3) is 28.3 Å². The molecule has 0 aromatic carbocycles. The minimum Gasteiger partial charge on any atom is -0.377 e. The second-order valence-corrected chi connectivity index (χ2v) is 8.95. The molecule has 35 heavy (non-hydrogen) atoms. The fourth-order valence-electron chi connectivity index (χ4n) is 4.84. The summed E-state index contributed by atoms with van der Waals surface area (Å²) in [7, 11) is 3.47. The van der Waals surface area contributed by atoms with Crippen LogP contribution in [0.1, 0.15) is 29.2 Å². The highest BCUT2D eigenvalue weighted by Gasteiger charge is 2.34. The van der Waals surface area contributed by atoms with E-state index in [1.807, 2.05) is 24.4 Å². The lowest BCUT2D eigenvalue weighted by molar-refractivity contribution is 0.0686. The number of ether oxygens (including phenoxy) is 2. The van der Waals surface area contributed by atoms with Crippen molar-refractivity contribution >= 4 is 17.4 Å². The van der Waals surface area contributed by atoms with Gasteiger partial charge in [-0.05, 0) is 25.0 Å². The Morgan fingerprint density at radius 1 is 1.26 bits per heavy atom. The zero-order valence-corrected chi connectivity index (χ0v) is 19.4. The van der Waals surface area contributed by atoms with Gasteiger partial charge in [0.2, 0.25) is 0 Å². The van der Waals surface area contributed by atoms with Gasteiger partial charge in [-0.2, -0.15) is 9.61 Å². The van der Waals surface area contributed by atoms with Crippen molar-refractivity contribution in [3.05, 3.63) is 42.4 Å². The number of carbonyl (C=O) groups excluding carboxylic acids is 1. The largest absolute Gasteiger partial charge is 0.377 e. The number of nitrogens with one attached hydrogen (secondary N) is 2. The molecule has 4 aliphatic rings. The summed E-state index contributed by atoms with van der Waals surface area (Å²) in [6.45, 7) is 1.09. The summed E-state index contributed by atoms with van der Waals surface area (Å²) >= 11 is 0. The number of methoxy groups -OCH3 is 1. The van der Waals surface area contributed by atoms with Crippen molar-refractivity contribution in [3.63, 3.8) is 0 Å². The third-order valence-corrected chi connectivity index (χ3v) is 7.02. The number of anilines is 1. The maximum atomic E-state index is 13.7. The summed E-state index contributed by atoms with van der Waals surface area (Å²) in [6.07, 6.45) is 5.29. The lowest BCUT2D eigenvalue weighted by Crippen LogP contribution is -2.48. The predicted octanol–water partition coefficient (Wildman–Crippen LogP) is 2.56. The van der Waals surface area contributed by atoms with Crippen LogP contribution in [0.2, 0.25) is 0 Å². The molecule has 3 aliphatic heterocycles. The first-order chi connectivity index (χ1) is 17.1. The Bertz CT molecular complexity index is 1370. The molecule has 1 amide bonds. The van der Waals surface area contributed by atoms with Crippen molar-refractivity contribution in [1.82, 2.24) is 29.5 Å². The molecule has 2 N–H and O–H groups in total. The van der Waals surface area contributed by atoms with Crippen LogP contribution in [0.4, 0.5) is 10.2 Å². The van der Waals surface area contributed by atoms with Gasteiger partial charge in [0.25, 0.3) is 5.91 Å². The highest BCUT2D eigenvalue weighted by molar-refractivity contribution is 6.00. The Morgan fingerprint density at radius 2 is 2.14 bits per heavy atom. The van der Waals surface area contributed by atoms with Gasteiger partial charge in [-0.15, -0.1) is 0 Å². The number of alkyl halides is 1. The van der Waals surface area contributed by atoms with Crippen LogP contribution in [-0.4, -0.2) is 75.7 Å². The molecule has 11 heteroatoms. The second-order valence-electron chi connectivity index (χ2n) is 8.95. The van der Waals surface area contributed by atoms with E-state index in [0.29, 0.717) is 48.8 Å². The topological polar surface area (TPSA) is 108 Å². The molecule has 5 heterocycles. The number of halogens is 1. The standard InChI is InChI=1S/C24H26FN7O3/c1-26-21-8-18(29-23-15(10-28-32(21)23)24(33)30-17-6-5-16(17)25)14-9-27-22-13(14)4-3-7-31(22)19-11-35-12-20(19)34-2/h3-4,7-10,16-17,19-20,26H,5-6,11-12H2,1-2H3,(H,30,33)/t16-,17?,19+,20+/m1/s1. The molecule has 2 aromatic heterocycles. The zero-order valence-electron chi connectivity index (χ0n) is 19.4. The van der Waals surface area contributed by atoms with E-state index in [2.05, 4.69) is 20.3 Å². The summed E-state index contributed by atoms with van der Waals surface area (Å²) in [5.74, 6) is 1.09. The van der Waals surface area contributed by atoms with Crippen LogP contribution in [0.15, 0.2) is 36.8 Å². The predicted molar refractivity (Wildman–Crippen MR) is 126 cm³/mol. The van der Waals surface area contributed by atoms with Crippen LogP contribution in [0, 0.1) is 0 Å². The molecule has 10 nitrogen and oxygen atoms in total. The Morgan fingerprint density at radius 3 is 2.89 bits per heavy atom. The number of amides is 1. The Hall–Kier alpha value is -3.57. The van der Waals surface area contributed by atoms with Crippen LogP contribution >= 0.6 is 0 Å². The van der Waals surface area contributed by atoms with Crippen LogP contribution in [-0.2, 0) is 9.47 Å². The number of carbonyl (C=O) groups is 1. The van der Waals surface area contributed by atoms with E-state index in [0.717, 1.165) is 17.0 Å². The van der Waals surface area contributed by atoms with Crippen molar-refractivity contribution in [2.75, 3.05) is 32.7 Å². The fourth-order valence-corrected chi connectivity index (χ4v) is 4.84. The molecule has 1 aliphatic carbocycles. The monoisotopic (exact) mass is 479 g/mol. The summed E-state index contributed by atoms with van der Waals surface area (Å²) in [6, 6.07) is 5.40. The van der Waals surface area contributed by atoms with Crippen LogP contribution in [0.3, 0.4) is 0 Å². The molecule has 0 radical (unpaired) electrons. The van der Waals surface area contributed by atoms with Crippen molar-refractivity contribution in [3.8, 4) is 22.6 Å². The molecule has 4 atom stereocenters. The lowest BCUT2D eigenvalue weighted by atomic mass is 9.90. The third-order valence-electron chi connectivity index (χ3n) is 7.02. The molecular formula is C24H26FN7O3. The zero-order chi connectivity index (χ0) is 24.1. The van der Waals surface area contributed by atoms with Gasteiger partial charge in [0.05, 0.1) is 37.2 Å². The number of pyridine rings is 1. The molecule has 1 unspecified atom stereocenters. The molecule has 2 aromatic rings. The molecule has 0 spiro atoms. The maximum Gasteiger partial charge on any atom is 0.257 e. The van der Waals surface area contributed by atoms with Crippen molar-refractivity contribution in [2.45, 2.75) is 37.2 Å². The number of hydrogen-bond acceptors (Lipinski definition) is 7. The van der Waals surface area contributed by atoms with E-state index in [-0.39, 0.29) is 18.1 Å². The first kappa shape index (κ1) is 21.9. The van der Waals surface area contributed by atoms with E-state index in [9.17, 15) is 9.18 Å². The number of rotatable bonds is 6. The van der Waals surface area contributed by atoms with Crippen molar-refractivity contribution in [2.24, 2.45) is 0 Å². The van der Waals surface area contributed by atoms with E-state index < -0.39 is 12.2 Å². The highest BCUT2D eigenvalue weighted by atomic mass is 19.1. The van der Waals surface area contributed by atoms with E-state index in [4.69, 9.17) is 19.4 Å². The average molecular weight is 480 g/mol. The molecule has 0 bridgehead atoms. The van der Waals surface area contributed by atoms with Crippen LogP contribution in [0.5, 0.6) is 0 Å². The second kappa shape index (κ2) is 8.58. The van der Waals surface area contributed by atoms with Crippen molar-refractivity contribution in [1.29, 1.82) is 0 Å². The average Bonchev–Trinajstić information content (AvgIpc) is 3.63. The molecule has 6 rings (SSSR count). The van der Waals surface area contributed by atoms with Gasteiger partial charge in [0.1, 0.15) is 29.5 Å². The van der Waals surface area contributed by atoms with E-state index in [1.54, 1.807) is 24.9 Å². The smallest absolute Gasteiger partial charge is 0.257 e. The molecule has 182 valence electrons. The van der Waals surface area contributed by atoms with E-state index in [1.165, 1.54) is 6.20 Å². The number of aromatic nitrogens is 5. The Labute approximate surface area is 200 Å². The summed E-state index contributed by atoms with van der Waals surface area (Å²) in [5.41, 5.74) is 3.09. The first-order valence-corrected chi connectivity index (χ1v) is 11.7. The minimum atomic E-state index is -1.01. The summed E-state index contributed by atoms with van der Waals surface area (Å²) < 4.78 is 28.6. The molecule has 1 saturated carbocycles. The minimum absolute atomic E-state index is 0.0192. The van der Waals surface area contributed by atoms with Gasteiger partial charge in [-0.1, -0.05) is 0 Å². The van der Waals surface area contributed by atoms with Gasteiger partial charge >= 0.3 is 0 Å². The Balaban J connectivity index is 1.40. The number of nitrogens with zero attached hydrogens (tertiary/aromatic N) is 5. The SMILES string of the molecule is CNc1cc(-c2cnc3n([C@H]4COC[C@@H]4OC)cccc2-3)nc2c(C(=O)NC3CC[C@H]3F)cnn12. The Kier molecular flexibility index (Phi) is 5.37. The summed E-state index contributed by atoms with van der Waals surface area (Å²) in [4.78, 5) is 22.4. The molecule has 2 fully saturated rings. The van der Waals surface area contributed by atoms with Gasteiger partial charge in [-0.25, -0.2) is 14.4 Å². The molecular weight excluding hydrogens is 453 g/mol. The lowest BCUT2D eigenvalue weighted by Gasteiger charge is -2.30. The highest BCUT2D eigenvalue weighted by Crippen LogP contribution is 2.37. The number of fused-ring (bicyclic) bond motifs is 2. The maximum absolute atomic E-state index is 13.7. The van der Waals surface area contributed by atoms with Gasteiger partial charge in [0, 0.05) is 43.7 Å². The first-order valence-electron chi connectivity index (χ1n) is 11.7. The van der Waals surface area contributed by atoms with Gasteiger partial charge in [-0.3, -0.25) is 4.79 Å². The quantitative estimate of drug-likeness (QED) is 0.438. The van der Waals surface area contributed by atoms with Gasteiger partial charge in [0.15, 0.2) is 5.65 Å². The van der Waals surface area contributed by atoms with Crippen LogP contribution < -0.4 is 10.6 Å². The fraction of sp³-hybridized carbons (Fsp3) is 0.417. The van der Waals surface area contributed by atoms with Gasteiger partial charge < -0.3 is 24.7 Å². The normalized spacial score (nSPS) is 24.1. The van der Waals surface area contributed by atoms with E-state index >= 15 is 0 Å². The summed E-state index contributed by atoms with van der Waals surface area (Å²) in [5, 5.41) is 10.2. The molecule has 1 saturated heterocycles. The third kappa shape index (κ3) is 3.53. The van der Waals surface area contributed by atoms with Crippen molar-refractivity contribution < 1.29 is 18.7 Å². The number of hydrogen-bond donors (Lipinski definition) is 2.